The fourth-order valence-corrected chi connectivity index (χ4v) is 1.78. The first kappa shape index (κ1) is 13.5. The minimum atomic E-state index is -3.57. The molecule has 0 saturated heterocycles. The third-order valence-corrected chi connectivity index (χ3v) is 2.98. The predicted octanol–water partition coefficient (Wildman–Crippen LogP) is -0.404. The van der Waals surface area contributed by atoms with Gasteiger partial charge in [-0.2, -0.15) is 0 Å². The Labute approximate surface area is 100 Å². The predicted molar refractivity (Wildman–Crippen MR) is 65.9 cm³/mol. The largest absolute Gasteiger partial charge is 0.398 e. The van der Waals surface area contributed by atoms with E-state index in [-0.39, 0.29) is 12.3 Å². The van der Waals surface area contributed by atoms with Crippen molar-refractivity contribution in [1.29, 1.82) is 0 Å². The van der Waals surface area contributed by atoms with E-state index in [4.69, 9.17) is 10.9 Å². The van der Waals surface area contributed by atoms with Gasteiger partial charge in [-0.05, 0) is 18.6 Å². The van der Waals surface area contributed by atoms with Crippen molar-refractivity contribution < 1.29 is 13.2 Å². The molecule has 0 aliphatic carbocycles. The Balaban J connectivity index is 2.71. The molecule has 7 heteroatoms. The fraction of sp³-hybridized carbons (Fsp3) is 0.300. The molecule has 0 aromatic heterocycles. The molecule has 0 fully saturated rings. The number of hydrogen-bond acceptors (Lipinski definition) is 4. The normalized spacial score (nSPS) is 11.2. The zero-order chi connectivity index (χ0) is 13.1. The number of aryl methyl sites for hydroxylation is 1. The molecule has 0 unspecified atom stereocenters. The molecule has 0 spiro atoms. The van der Waals surface area contributed by atoms with Gasteiger partial charge in [0.1, 0.15) is 0 Å². The second-order valence-corrected chi connectivity index (χ2v) is 5.40. The van der Waals surface area contributed by atoms with Crippen LogP contribution in [0.4, 0.5) is 5.69 Å². The van der Waals surface area contributed by atoms with Crippen LogP contribution in [-0.2, 0) is 10.0 Å². The van der Waals surface area contributed by atoms with Gasteiger partial charge in [0.2, 0.25) is 10.0 Å². The molecule has 6 nitrogen and oxygen atoms in total. The molecule has 94 valence electrons. The van der Waals surface area contributed by atoms with Gasteiger partial charge >= 0.3 is 0 Å². The Hall–Kier alpha value is -1.60. The number of benzene rings is 1. The zero-order valence-electron chi connectivity index (χ0n) is 9.43. The van der Waals surface area contributed by atoms with E-state index in [1.54, 1.807) is 25.1 Å². The highest BCUT2D eigenvalue weighted by Crippen LogP contribution is 2.15. The zero-order valence-corrected chi connectivity index (χ0v) is 10.3. The molecule has 0 atom stereocenters. The summed E-state index contributed by atoms with van der Waals surface area (Å²) in [6, 6.07) is 5.11. The van der Waals surface area contributed by atoms with Crippen molar-refractivity contribution in [3.63, 3.8) is 0 Å². The molecular weight excluding hydrogens is 242 g/mol. The Bertz CT molecular complexity index is 505. The number of anilines is 1. The molecule has 0 bridgehead atoms. The van der Waals surface area contributed by atoms with Crippen LogP contribution in [0.25, 0.3) is 0 Å². The highest BCUT2D eigenvalue weighted by Gasteiger charge is 2.12. The lowest BCUT2D eigenvalue weighted by molar-refractivity contribution is 0.0956. The highest BCUT2D eigenvalue weighted by molar-refractivity contribution is 7.89. The Morgan fingerprint density at radius 2 is 2.06 bits per heavy atom. The molecule has 0 heterocycles. The van der Waals surface area contributed by atoms with Crippen LogP contribution in [0.15, 0.2) is 18.2 Å². The van der Waals surface area contributed by atoms with Crippen LogP contribution in [0.1, 0.15) is 15.9 Å². The van der Waals surface area contributed by atoms with Gasteiger partial charge in [-0.15, -0.1) is 0 Å². The van der Waals surface area contributed by atoms with E-state index in [9.17, 15) is 13.2 Å². The maximum absolute atomic E-state index is 11.7. The number of nitrogens with two attached hydrogens (primary N) is 2. The van der Waals surface area contributed by atoms with Gasteiger partial charge in [0.15, 0.2) is 0 Å². The van der Waals surface area contributed by atoms with Gasteiger partial charge in [0.25, 0.3) is 5.91 Å². The Kier molecular flexibility index (Phi) is 4.08. The number of sulfonamides is 1. The first-order chi connectivity index (χ1) is 7.81. The summed E-state index contributed by atoms with van der Waals surface area (Å²) in [7, 11) is -3.57. The van der Waals surface area contributed by atoms with Gasteiger partial charge in [-0.1, -0.05) is 12.1 Å². The molecule has 1 rings (SSSR count). The molecule has 1 amide bonds. The lowest BCUT2D eigenvalue weighted by Gasteiger charge is -2.09. The second kappa shape index (κ2) is 5.15. The summed E-state index contributed by atoms with van der Waals surface area (Å²) in [5.41, 5.74) is 7.13. The van der Waals surface area contributed by atoms with Crippen molar-refractivity contribution in [2.24, 2.45) is 5.14 Å². The Morgan fingerprint density at radius 1 is 1.41 bits per heavy atom. The number of primary sulfonamides is 1. The maximum atomic E-state index is 11.7. The second-order valence-electron chi connectivity index (χ2n) is 3.66. The van der Waals surface area contributed by atoms with E-state index in [1.165, 1.54) is 0 Å². The summed E-state index contributed by atoms with van der Waals surface area (Å²) in [5, 5.41) is 7.28. The lowest BCUT2D eigenvalue weighted by Crippen LogP contribution is -2.32. The first-order valence-corrected chi connectivity index (χ1v) is 6.66. The van der Waals surface area contributed by atoms with Crippen molar-refractivity contribution in [2.45, 2.75) is 6.92 Å². The van der Waals surface area contributed by atoms with E-state index in [0.29, 0.717) is 11.3 Å². The summed E-state index contributed by atoms with van der Waals surface area (Å²) in [4.78, 5) is 11.7. The van der Waals surface area contributed by atoms with Crippen LogP contribution in [0, 0.1) is 6.92 Å². The summed E-state index contributed by atoms with van der Waals surface area (Å²) < 4.78 is 21.4. The number of nitrogens with one attached hydrogen (secondary N) is 1. The molecule has 0 radical (unpaired) electrons. The molecule has 1 aromatic carbocycles. The topological polar surface area (TPSA) is 115 Å². The number of rotatable bonds is 4. The Morgan fingerprint density at radius 3 is 2.59 bits per heavy atom. The van der Waals surface area contributed by atoms with Gasteiger partial charge in [0, 0.05) is 12.2 Å². The van der Waals surface area contributed by atoms with Crippen LogP contribution in [0.3, 0.4) is 0 Å². The minimum absolute atomic E-state index is 0.0363. The molecular formula is C10H15N3O3S. The number of nitrogen functional groups attached to an aromatic ring is 1. The van der Waals surface area contributed by atoms with Crippen molar-refractivity contribution in [3.8, 4) is 0 Å². The summed E-state index contributed by atoms with van der Waals surface area (Å²) >= 11 is 0. The van der Waals surface area contributed by atoms with Crippen LogP contribution in [0.5, 0.6) is 0 Å². The third-order valence-electron chi connectivity index (χ3n) is 2.20. The summed E-state index contributed by atoms with van der Waals surface area (Å²) in [6.07, 6.45) is 0. The molecule has 0 saturated carbocycles. The molecule has 0 aliphatic rings. The van der Waals surface area contributed by atoms with E-state index in [1.807, 2.05) is 0 Å². The molecule has 0 aliphatic heterocycles. The SMILES string of the molecule is Cc1cccc(N)c1C(=O)NCCS(N)(=O)=O. The van der Waals surface area contributed by atoms with E-state index < -0.39 is 15.9 Å². The fourth-order valence-electron chi connectivity index (χ4n) is 1.40. The van der Waals surface area contributed by atoms with Crippen LogP contribution < -0.4 is 16.2 Å². The van der Waals surface area contributed by atoms with Gasteiger partial charge in [-0.3, -0.25) is 4.79 Å². The average Bonchev–Trinajstić information content (AvgIpc) is 2.15. The van der Waals surface area contributed by atoms with Crippen molar-refractivity contribution in [2.75, 3.05) is 18.0 Å². The van der Waals surface area contributed by atoms with Gasteiger partial charge in [-0.25, -0.2) is 13.6 Å². The van der Waals surface area contributed by atoms with Crippen molar-refractivity contribution >= 4 is 21.6 Å². The van der Waals surface area contributed by atoms with Crippen LogP contribution in [-0.4, -0.2) is 26.6 Å². The van der Waals surface area contributed by atoms with E-state index in [0.717, 1.165) is 5.56 Å². The highest BCUT2D eigenvalue weighted by atomic mass is 32.2. The minimum Gasteiger partial charge on any atom is -0.398 e. The standard InChI is InChI=1S/C10H15N3O3S/c1-7-3-2-4-8(11)9(7)10(14)13-5-6-17(12,15)16/h2-4H,5-6,11H2,1H3,(H,13,14)(H2,12,15,16). The van der Waals surface area contributed by atoms with Crippen molar-refractivity contribution in [3.05, 3.63) is 29.3 Å². The summed E-state index contributed by atoms with van der Waals surface area (Å²) in [5.74, 6) is -0.700. The summed E-state index contributed by atoms with van der Waals surface area (Å²) in [6.45, 7) is 1.72. The quantitative estimate of drug-likeness (QED) is 0.636. The van der Waals surface area contributed by atoms with Gasteiger partial charge < -0.3 is 11.1 Å². The van der Waals surface area contributed by atoms with Crippen molar-refractivity contribution in [1.82, 2.24) is 5.32 Å². The third kappa shape index (κ3) is 4.04. The number of hydrogen-bond donors (Lipinski definition) is 3. The smallest absolute Gasteiger partial charge is 0.253 e. The first-order valence-electron chi connectivity index (χ1n) is 4.95. The molecule has 5 N–H and O–H groups in total. The van der Waals surface area contributed by atoms with E-state index >= 15 is 0 Å². The monoisotopic (exact) mass is 257 g/mol. The lowest BCUT2D eigenvalue weighted by atomic mass is 10.1. The maximum Gasteiger partial charge on any atom is 0.253 e. The molecule has 17 heavy (non-hydrogen) atoms. The number of carbonyl (C=O) groups is 1. The van der Waals surface area contributed by atoms with E-state index in [2.05, 4.69) is 5.32 Å². The van der Waals surface area contributed by atoms with Crippen LogP contribution >= 0.6 is 0 Å². The molecule has 1 aromatic rings. The number of carbonyl (C=O) groups excluding carboxylic acids is 1. The van der Waals surface area contributed by atoms with Crippen LogP contribution in [0.2, 0.25) is 0 Å². The van der Waals surface area contributed by atoms with Gasteiger partial charge in [0.05, 0.1) is 11.3 Å². The number of amides is 1. The average molecular weight is 257 g/mol.